The van der Waals surface area contributed by atoms with Crippen molar-refractivity contribution >= 4 is 31.7 Å². The van der Waals surface area contributed by atoms with Crippen molar-refractivity contribution in [1.29, 1.82) is 5.26 Å². The lowest BCUT2D eigenvalue weighted by Gasteiger charge is -2.48. The Labute approximate surface area is 212 Å². The summed E-state index contributed by atoms with van der Waals surface area (Å²) in [5.41, 5.74) is 1.53. The van der Waals surface area contributed by atoms with E-state index in [1.807, 2.05) is 38.7 Å². The molecule has 0 bridgehead atoms. The second-order valence-electron chi connectivity index (χ2n) is 11.9. The number of rotatable bonds is 5. The molecular weight excluding hydrogens is 466 g/mol. The number of piperidine rings is 1. The number of hydrogen-bond donors (Lipinski definition) is 1. The Kier molecular flexibility index (Phi) is 8.77. The molecule has 1 fully saturated rings. The van der Waals surface area contributed by atoms with E-state index in [-0.39, 0.29) is 29.3 Å². The maximum Gasteiger partial charge on any atom is 0.410 e. The number of amides is 1. The smallest absolute Gasteiger partial charge is 0.410 e. The molecule has 0 aliphatic carbocycles. The molecule has 6 nitrogen and oxygen atoms in total. The quantitative estimate of drug-likeness (QED) is 0.430. The molecule has 1 saturated heterocycles. The van der Waals surface area contributed by atoms with E-state index in [0.29, 0.717) is 17.1 Å². The first-order valence-electron chi connectivity index (χ1n) is 12.1. The van der Waals surface area contributed by atoms with Crippen LogP contribution >= 0.6 is 11.6 Å². The minimum atomic E-state index is -2.08. The highest BCUT2D eigenvalue weighted by atomic mass is 35.5. The van der Waals surface area contributed by atoms with Gasteiger partial charge in [-0.2, -0.15) is 5.26 Å². The lowest BCUT2D eigenvalue weighted by atomic mass is 9.93. The van der Waals surface area contributed by atoms with Crippen LogP contribution in [0, 0.1) is 18.3 Å². The molecule has 0 radical (unpaired) electrons. The molecule has 0 spiro atoms. The maximum atomic E-state index is 13.3. The molecule has 1 heterocycles. The fourth-order valence-corrected chi connectivity index (χ4v) is 5.63. The molecule has 1 aliphatic heterocycles. The Morgan fingerprint density at radius 2 is 1.88 bits per heavy atom. The topological polar surface area (TPSA) is 74.6 Å². The summed E-state index contributed by atoms with van der Waals surface area (Å²) < 4.78 is 12.7. The minimum Gasteiger partial charge on any atom is -0.444 e. The van der Waals surface area contributed by atoms with Gasteiger partial charge in [-0.05, 0) is 83.3 Å². The van der Waals surface area contributed by atoms with Crippen LogP contribution in [0.5, 0.6) is 0 Å². The molecule has 0 unspecified atom stereocenters. The number of benzene rings is 1. The lowest BCUT2D eigenvalue weighted by molar-refractivity contribution is -0.0227. The van der Waals surface area contributed by atoms with E-state index in [4.69, 9.17) is 20.8 Å². The minimum absolute atomic E-state index is 0.0552. The second-order valence-corrected chi connectivity index (χ2v) is 17.0. The second kappa shape index (κ2) is 10.5. The Morgan fingerprint density at radius 3 is 2.41 bits per heavy atom. The molecule has 8 heteroatoms. The third-order valence-corrected chi connectivity index (χ3v) is 11.9. The summed E-state index contributed by atoms with van der Waals surface area (Å²) in [6.07, 6.45) is 1.32. The van der Waals surface area contributed by atoms with Gasteiger partial charge in [-0.1, -0.05) is 32.4 Å². The number of carbonyl (C=O) groups is 1. The zero-order valence-electron chi connectivity index (χ0n) is 22.5. The first-order chi connectivity index (χ1) is 15.5. The standard InChI is InChI=1S/C26H42ClN3O3Si/c1-17-20(14-13-19(16-28)22(17)27)29-18(2)23-21(33-34(9,10)26(6,7)8)12-11-15-30(23)24(31)32-25(3,4)5/h13-14,18,21,23,29H,11-12,15H2,1-10H3/t18-,21-,23+/m0/s1. The lowest BCUT2D eigenvalue weighted by Crippen LogP contribution is -2.61. The summed E-state index contributed by atoms with van der Waals surface area (Å²) in [5, 5.41) is 13.4. The number of hydrogen-bond acceptors (Lipinski definition) is 5. The molecular formula is C26H42ClN3O3Si. The highest BCUT2D eigenvalue weighted by Gasteiger charge is 2.46. The number of anilines is 1. The summed E-state index contributed by atoms with van der Waals surface area (Å²) in [4.78, 5) is 15.1. The van der Waals surface area contributed by atoms with Gasteiger partial charge in [0, 0.05) is 18.3 Å². The van der Waals surface area contributed by atoms with E-state index in [1.165, 1.54) is 0 Å². The Balaban J connectivity index is 2.43. The van der Waals surface area contributed by atoms with Crippen molar-refractivity contribution in [2.24, 2.45) is 0 Å². The number of carbonyl (C=O) groups excluding carboxylic acids is 1. The van der Waals surface area contributed by atoms with E-state index in [0.717, 1.165) is 24.1 Å². The van der Waals surface area contributed by atoms with E-state index < -0.39 is 13.9 Å². The van der Waals surface area contributed by atoms with Crippen molar-refractivity contribution in [3.63, 3.8) is 0 Å². The monoisotopic (exact) mass is 507 g/mol. The number of likely N-dealkylation sites (tertiary alicyclic amines) is 1. The van der Waals surface area contributed by atoms with Crippen LogP contribution in [-0.4, -0.2) is 49.6 Å². The Morgan fingerprint density at radius 1 is 1.26 bits per heavy atom. The first-order valence-corrected chi connectivity index (χ1v) is 15.4. The van der Waals surface area contributed by atoms with Crippen LogP contribution in [0.4, 0.5) is 10.5 Å². The zero-order valence-corrected chi connectivity index (χ0v) is 24.3. The van der Waals surface area contributed by atoms with Crippen LogP contribution in [0.2, 0.25) is 23.2 Å². The first kappa shape index (κ1) is 28.5. The predicted octanol–water partition coefficient (Wildman–Crippen LogP) is 7.11. The van der Waals surface area contributed by atoms with Crippen LogP contribution in [0.25, 0.3) is 0 Å². The Hall–Kier alpha value is -1.75. The molecule has 1 amide bonds. The summed E-state index contributed by atoms with van der Waals surface area (Å²) in [5.74, 6) is 0. The van der Waals surface area contributed by atoms with Gasteiger partial charge in [0.1, 0.15) is 11.7 Å². The maximum absolute atomic E-state index is 13.3. The van der Waals surface area contributed by atoms with Crippen LogP contribution in [0.1, 0.15) is 72.4 Å². The van der Waals surface area contributed by atoms with Gasteiger partial charge in [0.2, 0.25) is 0 Å². The highest BCUT2D eigenvalue weighted by molar-refractivity contribution is 6.74. The predicted molar refractivity (Wildman–Crippen MR) is 142 cm³/mol. The van der Waals surface area contributed by atoms with E-state index >= 15 is 0 Å². The van der Waals surface area contributed by atoms with Crippen molar-refractivity contribution < 1.29 is 14.0 Å². The van der Waals surface area contributed by atoms with E-state index in [2.05, 4.69) is 52.2 Å². The van der Waals surface area contributed by atoms with Gasteiger partial charge in [0.25, 0.3) is 0 Å². The number of nitrogens with zero attached hydrogens (tertiary/aromatic N) is 2. The van der Waals surface area contributed by atoms with Gasteiger partial charge in [-0.15, -0.1) is 0 Å². The molecule has 34 heavy (non-hydrogen) atoms. The summed E-state index contributed by atoms with van der Waals surface area (Å²) in [7, 11) is -2.08. The third-order valence-electron chi connectivity index (χ3n) is 6.91. The average molecular weight is 508 g/mol. The van der Waals surface area contributed by atoms with Crippen LogP contribution in [-0.2, 0) is 9.16 Å². The highest BCUT2D eigenvalue weighted by Crippen LogP contribution is 2.40. The number of halogens is 1. The van der Waals surface area contributed by atoms with Crippen LogP contribution in [0.15, 0.2) is 12.1 Å². The van der Waals surface area contributed by atoms with Gasteiger partial charge in [-0.3, -0.25) is 0 Å². The normalized spacial score (nSPS) is 20.5. The van der Waals surface area contributed by atoms with Gasteiger partial charge in [0.15, 0.2) is 8.32 Å². The largest absolute Gasteiger partial charge is 0.444 e. The number of ether oxygens (including phenoxy) is 1. The number of nitrogens with one attached hydrogen (secondary N) is 1. The molecule has 190 valence electrons. The van der Waals surface area contributed by atoms with E-state index in [9.17, 15) is 10.1 Å². The molecule has 0 aromatic heterocycles. The number of nitriles is 1. The van der Waals surface area contributed by atoms with Crippen molar-refractivity contribution in [2.45, 2.75) is 110 Å². The molecule has 1 aliphatic rings. The van der Waals surface area contributed by atoms with Gasteiger partial charge in [0.05, 0.1) is 22.7 Å². The summed E-state index contributed by atoms with van der Waals surface area (Å²) in [6.45, 7) is 21.4. The molecule has 1 aromatic rings. The zero-order chi connectivity index (χ0) is 26.1. The van der Waals surface area contributed by atoms with Crippen molar-refractivity contribution in [3.05, 3.63) is 28.3 Å². The molecule has 1 N–H and O–H groups in total. The van der Waals surface area contributed by atoms with Crippen molar-refractivity contribution in [2.75, 3.05) is 11.9 Å². The van der Waals surface area contributed by atoms with Crippen molar-refractivity contribution in [1.82, 2.24) is 4.90 Å². The summed E-state index contributed by atoms with van der Waals surface area (Å²) >= 11 is 6.42. The fraction of sp³-hybridized carbons (Fsp3) is 0.692. The van der Waals surface area contributed by atoms with Gasteiger partial charge >= 0.3 is 6.09 Å². The SMILES string of the molecule is Cc1c(N[C@@H](C)[C@@H]2[C@@H](O[Si](C)(C)C(C)(C)C)CCCN2C(=O)OC(C)(C)C)ccc(C#N)c1Cl. The van der Waals surface area contributed by atoms with E-state index in [1.54, 1.807) is 6.07 Å². The summed E-state index contributed by atoms with van der Waals surface area (Å²) in [6, 6.07) is 5.37. The van der Waals surface area contributed by atoms with Gasteiger partial charge in [-0.25, -0.2) is 4.79 Å². The molecule has 0 saturated carbocycles. The van der Waals surface area contributed by atoms with Crippen molar-refractivity contribution in [3.8, 4) is 6.07 Å². The molecule has 1 aromatic carbocycles. The molecule has 2 rings (SSSR count). The Bertz CT molecular complexity index is 931. The third kappa shape index (κ3) is 6.68. The van der Waals surface area contributed by atoms with Crippen LogP contribution < -0.4 is 5.32 Å². The fourth-order valence-electron chi connectivity index (χ4n) is 4.05. The molecule has 3 atom stereocenters. The average Bonchev–Trinajstić information content (AvgIpc) is 2.69. The van der Waals surface area contributed by atoms with Gasteiger partial charge < -0.3 is 19.4 Å². The van der Waals surface area contributed by atoms with Crippen LogP contribution in [0.3, 0.4) is 0 Å².